The number of phenols is 1. The van der Waals surface area contributed by atoms with Gasteiger partial charge in [0.1, 0.15) is 63.5 Å². The normalized spacial score (nSPS) is 16.5. The molecule has 1 saturated carbocycles. The van der Waals surface area contributed by atoms with Crippen LogP contribution in [0.3, 0.4) is 0 Å². The molecule has 89 heavy (non-hydrogen) atoms. The van der Waals surface area contributed by atoms with Crippen molar-refractivity contribution in [2.75, 3.05) is 89.6 Å². The van der Waals surface area contributed by atoms with E-state index in [0.29, 0.717) is 38.5 Å². The molecule has 3 atom stereocenters. The number of piperazine rings is 1. The number of amides is 5. The molecule has 4 N–H and O–H groups in total. The highest BCUT2D eigenvalue weighted by molar-refractivity contribution is 7.10. The van der Waals surface area contributed by atoms with E-state index in [1.54, 1.807) is 46.4 Å². The van der Waals surface area contributed by atoms with Crippen molar-refractivity contribution in [1.82, 2.24) is 40.3 Å². The van der Waals surface area contributed by atoms with E-state index in [1.807, 2.05) is 51.6 Å². The summed E-state index contributed by atoms with van der Waals surface area (Å²) < 4.78 is 55.2. The molecule has 9 rings (SSSR count). The van der Waals surface area contributed by atoms with Gasteiger partial charge in [-0.25, -0.2) is 23.5 Å². The summed E-state index contributed by atoms with van der Waals surface area (Å²) in [4.78, 5) is 88.4. The van der Waals surface area contributed by atoms with Crippen molar-refractivity contribution in [3.63, 3.8) is 0 Å². The van der Waals surface area contributed by atoms with Crippen molar-refractivity contribution in [3.8, 4) is 33.9 Å². The average Bonchev–Trinajstić information content (AvgIpc) is 1.11. The first-order valence-corrected chi connectivity index (χ1v) is 31.5. The average molecular weight is 1270 g/mol. The van der Waals surface area contributed by atoms with Crippen LogP contribution >= 0.6 is 22.9 Å². The van der Waals surface area contributed by atoms with Crippen molar-refractivity contribution in [1.29, 1.82) is 0 Å². The number of carbonyl (C=O) groups is 5. The molecule has 0 radical (unpaired) electrons. The summed E-state index contributed by atoms with van der Waals surface area (Å²) >= 11 is 8.15. The summed E-state index contributed by atoms with van der Waals surface area (Å²) in [7, 11) is 1.53. The number of hydrogen-bond acceptors (Lipinski definition) is 16. The predicted molar refractivity (Wildman–Crippen MR) is 339 cm³/mol. The van der Waals surface area contributed by atoms with Gasteiger partial charge in [-0.2, -0.15) is 4.98 Å². The number of benzene rings is 4. The van der Waals surface area contributed by atoms with Crippen LogP contribution in [0.4, 0.5) is 25.3 Å². The Balaban J connectivity index is 0.757. The number of likely N-dealkylation sites (tertiary alicyclic amines) is 1. The smallest absolute Gasteiger partial charge is 0.410 e. The minimum atomic E-state index is -1.34. The summed E-state index contributed by atoms with van der Waals surface area (Å²) in [5.74, 6) is -2.79. The lowest BCUT2D eigenvalue weighted by Gasteiger charge is -2.36. The zero-order valence-corrected chi connectivity index (χ0v) is 53.0. The van der Waals surface area contributed by atoms with E-state index in [0.717, 1.165) is 78.0 Å². The molecule has 20 nitrogen and oxygen atoms in total. The quantitative estimate of drug-likeness (QED) is 0.0345. The Bertz CT molecular complexity index is 3550. The van der Waals surface area contributed by atoms with E-state index < -0.39 is 69.6 Å². The second-order valence-corrected chi connectivity index (χ2v) is 25.4. The predicted octanol–water partition coefficient (Wildman–Crippen LogP) is 10.4. The molecule has 0 bridgehead atoms. The van der Waals surface area contributed by atoms with Gasteiger partial charge in [0, 0.05) is 73.6 Å². The zero-order chi connectivity index (χ0) is 63.7. The highest BCUT2D eigenvalue weighted by Crippen LogP contribution is 2.44. The largest absolute Gasteiger partial charge is 0.507 e. The molecular weight excluding hydrogens is 1190 g/mol. The van der Waals surface area contributed by atoms with Crippen LogP contribution in [0, 0.1) is 17.6 Å². The van der Waals surface area contributed by atoms with Crippen LogP contribution < -0.4 is 25.6 Å². The molecule has 2 aliphatic heterocycles. The van der Waals surface area contributed by atoms with Gasteiger partial charge in [0.05, 0.1) is 48.7 Å². The Morgan fingerprint density at radius 3 is 2.26 bits per heavy atom. The van der Waals surface area contributed by atoms with E-state index in [9.17, 15) is 29.1 Å². The van der Waals surface area contributed by atoms with Crippen molar-refractivity contribution < 1.29 is 56.8 Å². The molecule has 1 aliphatic carbocycles. The number of aromatic hydroxyl groups is 1. The van der Waals surface area contributed by atoms with Gasteiger partial charge in [-0.15, -0.1) is 11.3 Å². The lowest BCUT2D eigenvalue weighted by molar-refractivity contribution is -0.140. The highest BCUT2D eigenvalue weighted by atomic mass is 35.5. The lowest BCUT2D eigenvalue weighted by Crippen LogP contribution is -2.56. The number of halogens is 3. The number of anilines is 2. The fraction of sp³-hybridized carbons (Fsp3) is 0.477. The lowest BCUT2D eigenvalue weighted by atomic mass is 9.83. The number of hydrogen-bond donors (Lipinski definition) is 4. The number of nitrogens with one attached hydrogen (secondary N) is 3. The maximum atomic E-state index is 16.7. The molecule has 3 aliphatic rings. The number of likely N-dealkylation sites (N-methyl/N-ethyl adjacent to an activating group) is 1. The fourth-order valence-corrected chi connectivity index (χ4v) is 12.8. The van der Waals surface area contributed by atoms with Gasteiger partial charge in [0.2, 0.25) is 29.6 Å². The Morgan fingerprint density at radius 1 is 0.843 bits per heavy atom. The van der Waals surface area contributed by atoms with Crippen LogP contribution in [0.15, 0.2) is 78.7 Å². The first kappa shape index (κ1) is 65.7. The van der Waals surface area contributed by atoms with Crippen molar-refractivity contribution in [3.05, 3.63) is 100 Å². The summed E-state index contributed by atoms with van der Waals surface area (Å²) in [6, 6.07) is 15.0. The van der Waals surface area contributed by atoms with E-state index in [1.165, 1.54) is 47.6 Å². The number of nitrogens with zero attached hydrogens (tertiary/aromatic N) is 7. The fourth-order valence-electron chi connectivity index (χ4n) is 11.5. The summed E-state index contributed by atoms with van der Waals surface area (Å²) in [5, 5.41) is 24.3. The van der Waals surface area contributed by atoms with Gasteiger partial charge in [-0.1, -0.05) is 67.8 Å². The summed E-state index contributed by atoms with van der Waals surface area (Å²) in [6.45, 7) is 17.0. The number of rotatable bonds is 23. The first-order chi connectivity index (χ1) is 42.5. The number of aromatic nitrogens is 3. The van der Waals surface area contributed by atoms with Gasteiger partial charge < -0.3 is 54.7 Å². The summed E-state index contributed by atoms with van der Waals surface area (Å²) in [6.07, 6.45) is 6.88. The van der Waals surface area contributed by atoms with Crippen molar-refractivity contribution >= 4 is 86.1 Å². The molecule has 5 amide bonds. The molecule has 4 aromatic carbocycles. The van der Waals surface area contributed by atoms with Crippen LogP contribution in [-0.2, 0) is 33.4 Å². The van der Waals surface area contributed by atoms with Crippen LogP contribution in [0.5, 0.6) is 11.5 Å². The van der Waals surface area contributed by atoms with Crippen LogP contribution in [-0.4, -0.2) is 167 Å². The number of ether oxygens (including phenoxy) is 4. The van der Waals surface area contributed by atoms with Gasteiger partial charge >= 0.3 is 6.09 Å². The maximum Gasteiger partial charge on any atom is 0.410 e. The second kappa shape index (κ2) is 28.8. The van der Waals surface area contributed by atoms with Gasteiger partial charge in [0.25, 0.3) is 0 Å². The van der Waals surface area contributed by atoms with Crippen LogP contribution in [0.25, 0.3) is 44.1 Å². The number of thiazole rings is 1. The third-order valence-corrected chi connectivity index (χ3v) is 17.6. The Morgan fingerprint density at radius 2 is 1.55 bits per heavy atom. The van der Waals surface area contributed by atoms with Crippen LogP contribution in [0.1, 0.15) is 97.5 Å². The standard InChI is InChI=1S/C65H79ClF2N10O10S/c1-9-51(80)76-28-30-77(31-29-76)57-44-37-45(66)52(53-46(67)21-15-23-49(53)79)54(68)56(44)72-62(73-57)74-65(6,7)61(83)69-26-32-85-33-34-86-35-36-87-50-25-24-42(41-19-13-14-20-43(41)50)47-38-89-59(70-47)48-22-16-27-78(48)60(82)55(40-17-11-10-12-18-40)71-58(81)39(2)75(8)63(84)88-64(3,4)5/h9,13-15,19-21,23-25,37-40,48,55,79H,1,10-12,16-18,22,26-36H2,2-8H3,(H,69,83)(H,71,81)(H,72,73,74)/t39-,48-,55-/m0/s1. The van der Waals surface area contributed by atoms with Crippen molar-refractivity contribution in [2.24, 2.45) is 5.92 Å². The monoisotopic (exact) mass is 1260 g/mol. The molecule has 6 aromatic rings. The van der Waals surface area contributed by atoms with Crippen molar-refractivity contribution in [2.45, 2.75) is 116 Å². The molecule has 2 aromatic heterocycles. The SMILES string of the molecule is C=CC(=O)N1CCN(c2nc(NC(C)(C)C(=O)NCCOCCOCCOc3ccc(-c4csc([C@@H]5CCCN5C(=O)[C@@H](NC(=O)[C@H](C)N(C)C(=O)OC(C)(C)C)C5CCCCC5)n4)c4ccccc34)nc3c(F)c(-c4c(O)cccc4F)c(Cl)cc23)CC1. The van der Waals surface area contributed by atoms with Gasteiger partial charge in [-0.05, 0) is 115 Å². The Kier molecular flexibility index (Phi) is 21.3. The molecule has 24 heteroatoms. The van der Waals surface area contributed by atoms with Gasteiger partial charge in [-0.3, -0.25) is 24.1 Å². The molecule has 0 spiro atoms. The number of phenolic OH excluding ortho intramolecular Hbond substituents is 1. The second-order valence-electron chi connectivity index (χ2n) is 24.1. The molecule has 4 heterocycles. The topological polar surface area (TPSA) is 230 Å². The first-order valence-electron chi connectivity index (χ1n) is 30.3. The number of carbonyl (C=O) groups excluding carboxylic acids is 5. The minimum Gasteiger partial charge on any atom is -0.507 e. The van der Waals surface area contributed by atoms with E-state index in [4.69, 9.17) is 40.5 Å². The third-order valence-electron chi connectivity index (χ3n) is 16.4. The number of fused-ring (bicyclic) bond motifs is 2. The van der Waals surface area contributed by atoms with E-state index >= 15 is 8.78 Å². The third kappa shape index (κ3) is 15.5. The zero-order valence-electron chi connectivity index (χ0n) is 51.5. The molecular formula is C65H79ClF2N10O10S. The summed E-state index contributed by atoms with van der Waals surface area (Å²) in [5.41, 5.74) is -1.42. The highest BCUT2D eigenvalue weighted by Gasteiger charge is 2.41. The molecule has 2 saturated heterocycles. The Hall–Kier alpha value is -7.73. The van der Waals surface area contributed by atoms with E-state index in [-0.39, 0.29) is 91.0 Å². The molecule has 476 valence electrons. The van der Waals surface area contributed by atoms with E-state index in [2.05, 4.69) is 27.5 Å². The Labute approximate surface area is 526 Å². The molecule has 3 fully saturated rings. The van der Waals surface area contributed by atoms with Crippen LogP contribution in [0.2, 0.25) is 5.02 Å². The van der Waals surface area contributed by atoms with Gasteiger partial charge in [0.15, 0.2) is 5.82 Å². The minimum absolute atomic E-state index is 0.0230. The maximum absolute atomic E-state index is 16.7. The molecule has 0 unspecified atom stereocenters.